The molecule has 1 unspecified atom stereocenters. The largest absolute Gasteiger partial charge is 0.471 e. The van der Waals surface area contributed by atoms with Gasteiger partial charge in [-0.1, -0.05) is 18.2 Å². The van der Waals surface area contributed by atoms with Crippen LogP contribution in [0.25, 0.3) is 11.0 Å². The highest BCUT2D eigenvalue weighted by molar-refractivity contribution is 5.74. The number of fused-ring (bicyclic) bond motifs is 1. The average molecular weight is 238 g/mol. The number of hydrogen-bond donors (Lipinski definition) is 0. The van der Waals surface area contributed by atoms with Crippen molar-refractivity contribution in [2.45, 2.75) is 6.23 Å². The lowest BCUT2D eigenvalue weighted by atomic mass is 10.3. The minimum Gasteiger partial charge on any atom is -0.471 e. The van der Waals surface area contributed by atoms with Gasteiger partial charge in [-0.25, -0.2) is 4.98 Å². The number of allylic oxidation sites excluding steroid dienone is 2. The maximum absolute atomic E-state index is 5.21. The Hall–Kier alpha value is -2.56. The van der Waals surface area contributed by atoms with Gasteiger partial charge in [0.25, 0.3) is 0 Å². The van der Waals surface area contributed by atoms with Gasteiger partial charge in [0.05, 0.1) is 23.5 Å². The Labute approximate surface area is 104 Å². The van der Waals surface area contributed by atoms with E-state index in [0.29, 0.717) is 5.82 Å². The van der Waals surface area contributed by atoms with Gasteiger partial charge in [-0.15, -0.1) is 10.2 Å². The molecule has 0 saturated heterocycles. The summed E-state index contributed by atoms with van der Waals surface area (Å²) in [6.07, 6.45) is 8.24. The fraction of sp³-hybridized carbons (Fsp3) is 0.0769. The molecule has 0 fully saturated rings. The minimum atomic E-state index is -0.386. The normalized spacial score (nSPS) is 18.3. The molecular formula is C13H10N4O. The van der Waals surface area contributed by atoms with Crippen molar-refractivity contribution >= 4 is 16.9 Å². The van der Waals surface area contributed by atoms with Crippen molar-refractivity contribution < 1.29 is 4.74 Å². The lowest BCUT2D eigenvalue weighted by Crippen LogP contribution is -2.02. The van der Waals surface area contributed by atoms with E-state index >= 15 is 0 Å². The summed E-state index contributed by atoms with van der Waals surface area (Å²) < 4.78 is 5.21. The summed E-state index contributed by atoms with van der Waals surface area (Å²) in [5.41, 5.74) is 1.64. The van der Waals surface area contributed by atoms with Crippen LogP contribution >= 0.6 is 0 Å². The second kappa shape index (κ2) is 4.75. The first kappa shape index (κ1) is 10.6. The van der Waals surface area contributed by atoms with Crippen LogP contribution in [-0.2, 0) is 4.74 Å². The van der Waals surface area contributed by atoms with Crippen LogP contribution < -0.4 is 0 Å². The van der Waals surface area contributed by atoms with Crippen LogP contribution in [0, 0.1) is 0 Å². The van der Waals surface area contributed by atoms with Crippen molar-refractivity contribution in [2.24, 2.45) is 10.2 Å². The van der Waals surface area contributed by atoms with Gasteiger partial charge in [0.2, 0.25) is 6.23 Å². The van der Waals surface area contributed by atoms with Gasteiger partial charge in [0.15, 0.2) is 5.82 Å². The zero-order chi connectivity index (χ0) is 12.2. The second-order valence-corrected chi connectivity index (χ2v) is 3.67. The summed E-state index contributed by atoms with van der Waals surface area (Å²) in [6.45, 7) is 0. The van der Waals surface area contributed by atoms with Crippen LogP contribution in [0.2, 0.25) is 0 Å². The molecule has 1 aromatic heterocycles. The van der Waals surface area contributed by atoms with E-state index in [0.717, 1.165) is 11.0 Å². The third kappa shape index (κ3) is 2.24. The van der Waals surface area contributed by atoms with Gasteiger partial charge in [0, 0.05) is 0 Å². The molecular weight excluding hydrogens is 228 g/mol. The predicted molar refractivity (Wildman–Crippen MR) is 67.2 cm³/mol. The van der Waals surface area contributed by atoms with Gasteiger partial charge in [0.1, 0.15) is 0 Å². The van der Waals surface area contributed by atoms with Gasteiger partial charge < -0.3 is 4.74 Å². The first-order valence-corrected chi connectivity index (χ1v) is 5.53. The van der Waals surface area contributed by atoms with E-state index in [9.17, 15) is 0 Å². The van der Waals surface area contributed by atoms with Crippen LogP contribution in [0.3, 0.4) is 0 Å². The molecule has 1 atom stereocenters. The molecule has 0 aliphatic carbocycles. The van der Waals surface area contributed by atoms with Crippen molar-refractivity contribution in [1.29, 1.82) is 0 Å². The van der Waals surface area contributed by atoms with Crippen LogP contribution in [0.4, 0.5) is 5.82 Å². The number of para-hydroxylation sites is 2. The molecule has 0 bridgehead atoms. The first-order chi connectivity index (χ1) is 8.92. The molecule has 0 saturated carbocycles. The van der Waals surface area contributed by atoms with E-state index in [1.165, 1.54) is 0 Å². The van der Waals surface area contributed by atoms with Crippen LogP contribution in [-0.4, -0.2) is 16.2 Å². The number of rotatable bonds is 2. The molecule has 1 aliphatic rings. The summed E-state index contributed by atoms with van der Waals surface area (Å²) in [7, 11) is 0. The maximum atomic E-state index is 5.21. The summed E-state index contributed by atoms with van der Waals surface area (Å²) in [5, 5.41) is 8.04. The van der Waals surface area contributed by atoms with Crippen LogP contribution in [0.15, 0.2) is 65.2 Å². The number of ether oxygens (including phenoxy) is 1. The SMILES string of the molecule is C1=COC(N=Nc2cnc3ccccc3n2)C=C1. The number of aromatic nitrogens is 2. The topological polar surface area (TPSA) is 59.7 Å². The van der Waals surface area contributed by atoms with E-state index in [1.807, 2.05) is 30.3 Å². The van der Waals surface area contributed by atoms with Gasteiger partial charge in [-0.3, -0.25) is 4.98 Å². The van der Waals surface area contributed by atoms with Crippen molar-refractivity contribution in [1.82, 2.24) is 9.97 Å². The van der Waals surface area contributed by atoms with Gasteiger partial charge >= 0.3 is 0 Å². The lowest BCUT2D eigenvalue weighted by Gasteiger charge is -2.07. The molecule has 1 aromatic carbocycles. The number of benzene rings is 1. The Bertz CT molecular complexity index is 648. The standard InChI is InChI=1S/C13H10N4O/c1-2-6-11-10(5-1)14-9-12(15-11)16-17-13-7-3-4-8-18-13/h1-9,13H. The molecule has 0 radical (unpaired) electrons. The zero-order valence-electron chi connectivity index (χ0n) is 9.47. The highest BCUT2D eigenvalue weighted by atomic mass is 16.5. The molecule has 18 heavy (non-hydrogen) atoms. The summed E-state index contributed by atoms with van der Waals surface area (Å²) in [4.78, 5) is 8.59. The summed E-state index contributed by atoms with van der Waals surface area (Å²) >= 11 is 0. The van der Waals surface area contributed by atoms with Crippen molar-refractivity contribution in [3.63, 3.8) is 0 Å². The molecule has 2 heterocycles. The monoisotopic (exact) mass is 238 g/mol. The minimum absolute atomic E-state index is 0.386. The molecule has 0 amide bonds. The van der Waals surface area contributed by atoms with Gasteiger partial charge in [-0.2, -0.15) is 0 Å². The van der Waals surface area contributed by atoms with E-state index in [2.05, 4.69) is 20.2 Å². The van der Waals surface area contributed by atoms with Crippen molar-refractivity contribution in [2.75, 3.05) is 0 Å². The fourth-order valence-electron chi connectivity index (χ4n) is 1.55. The third-order valence-electron chi connectivity index (χ3n) is 2.39. The van der Waals surface area contributed by atoms with E-state index in [1.54, 1.807) is 24.6 Å². The van der Waals surface area contributed by atoms with E-state index in [-0.39, 0.29) is 6.23 Å². The highest BCUT2D eigenvalue weighted by Gasteiger charge is 2.03. The lowest BCUT2D eigenvalue weighted by molar-refractivity contribution is 0.185. The van der Waals surface area contributed by atoms with Crippen LogP contribution in [0.5, 0.6) is 0 Å². The smallest absolute Gasteiger partial charge is 0.227 e. The number of hydrogen-bond acceptors (Lipinski definition) is 5. The molecule has 5 heteroatoms. The van der Waals surface area contributed by atoms with E-state index < -0.39 is 0 Å². The predicted octanol–water partition coefficient (Wildman–Crippen LogP) is 3.14. The summed E-state index contributed by atoms with van der Waals surface area (Å²) in [6, 6.07) is 7.63. The Morgan fingerprint density at radius 3 is 2.83 bits per heavy atom. The molecule has 0 spiro atoms. The molecule has 88 valence electrons. The zero-order valence-corrected chi connectivity index (χ0v) is 9.47. The van der Waals surface area contributed by atoms with Gasteiger partial charge in [-0.05, 0) is 24.3 Å². The van der Waals surface area contributed by atoms with E-state index in [4.69, 9.17) is 4.74 Å². The Kier molecular flexibility index (Phi) is 2.79. The first-order valence-electron chi connectivity index (χ1n) is 5.53. The number of azo groups is 1. The number of nitrogens with zero attached hydrogens (tertiary/aromatic N) is 4. The Morgan fingerprint density at radius 1 is 1.11 bits per heavy atom. The second-order valence-electron chi connectivity index (χ2n) is 3.67. The quantitative estimate of drug-likeness (QED) is 0.755. The highest BCUT2D eigenvalue weighted by Crippen LogP contribution is 2.15. The average Bonchev–Trinajstić information content (AvgIpc) is 2.46. The fourth-order valence-corrected chi connectivity index (χ4v) is 1.55. The molecule has 5 nitrogen and oxygen atoms in total. The summed E-state index contributed by atoms with van der Waals surface area (Å²) in [5.74, 6) is 0.472. The Morgan fingerprint density at radius 2 is 2.00 bits per heavy atom. The third-order valence-corrected chi connectivity index (χ3v) is 2.39. The van der Waals surface area contributed by atoms with Crippen molar-refractivity contribution in [3.8, 4) is 0 Å². The van der Waals surface area contributed by atoms with Crippen LogP contribution in [0.1, 0.15) is 0 Å². The molecule has 0 N–H and O–H groups in total. The maximum Gasteiger partial charge on any atom is 0.227 e. The molecule has 2 aromatic rings. The molecule has 3 rings (SSSR count). The molecule has 1 aliphatic heterocycles. The Balaban J connectivity index is 1.84. The van der Waals surface area contributed by atoms with Crippen molar-refractivity contribution in [3.05, 3.63) is 55.0 Å².